The van der Waals surface area contributed by atoms with Crippen LogP contribution in [0.4, 0.5) is 0 Å². The first-order valence-electron chi connectivity index (χ1n) is 6.16. The van der Waals surface area contributed by atoms with Crippen molar-refractivity contribution in [3.8, 4) is 0 Å². The van der Waals surface area contributed by atoms with Crippen LogP contribution in [0.2, 0.25) is 5.02 Å². The van der Waals surface area contributed by atoms with Gasteiger partial charge in [0.15, 0.2) is 0 Å². The van der Waals surface area contributed by atoms with Crippen LogP contribution in [0.3, 0.4) is 0 Å². The van der Waals surface area contributed by atoms with E-state index in [-0.39, 0.29) is 12.5 Å². The summed E-state index contributed by atoms with van der Waals surface area (Å²) < 4.78 is 0. The number of aliphatic hydroxyl groups excluding tert-OH is 1. The lowest BCUT2D eigenvalue weighted by molar-refractivity contribution is 0.0824. The minimum Gasteiger partial charge on any atom is -0.394 e. The smallest absolute Gasteiger partial charge is 0.251 e. The second-order valence-electron chi connectivity index (χ2n) is 5.27. The van der Waals surface area contributed by atoms with E-state index in [4.69, 9.17) is 11.6 Å². The van der Waals surface area contributed by atoms with Gasteiger partial charge in [0.2, 0.25) is 0 Å². The number of rotatable bonds is 4. The molecular formula is C14H18ClNO2. The summed E-state index contributed by atoms with van der Waals surface area (Å²) in [5, 5.41) is 13.0. The molecule has 1 aliphatic rings. The average Bonchev–Trinajstić information content (AvgIpc) is 3.16. The molecule has 0 aromatic heterocycles. The summed E-state index contributed by atoms with van der Waals surface area (Å²) in [6.45, 7) is 3.74. The number of hydrogen-bond acceptors (Lipinski definition) is 2. The zero-order valence-corrected chi connectivity index (χ0v) is 11.4. The van der Waals surface area contributed by atoms with Gasteiger partial charge in [-0.3, -0.25) is 4.79 Å². The van der Waals surface area contributed by atoms with Gasteiger partial charge in [-0.05, 0) is 50.3 Å². The zero-order valence-electron chi connectivity index (χ0n) is 10.7. The number of carbonyl (C=O) groups is 1. The van der Waals surface area contributed by atoms with Gasteiger partial charge in [0.1, 0.15) is 0 Å². The molecule has 0 spiro atoms. The third-order valence-electron chi connectivity index (χ3n) is 3.64. The summed E-state index contributed by atoms with van der Waals surface area (Å²) in [5.41, 5.74) is 0.959. The number of nitrogens with one attached hydrogen (secondary N) is 1. The SMILES string of the molecule is Cc1ccc(C(=O)NC(C)(CO)C2CC2)cc1Cl. The molecule has 3 nitrogen and oxygen atoms in total. The topological polar surface area (TPSA) is 49.3 Å². The predicted molar refractivity (Wildman–Crippen MR) is 71.9 cm³/mol. The maximum absolute atomic E-state index is 12.1. The maximum Gasteiger partial charge on any atom is 0.251 e. The normalized spacial score (nSPS) is 18.2. The highest BCUT2D eigenvalue weighted by molar-refractivity contribution is 6.31. The Morgan fingerprint density at radius 2 is 2.22 bits per heavy atom. The number of benzene rings is 1. The highest BCUT2D eigenvalue weighted by atomic mass is 35.5. The molecule has 1 aromatic carbocycles. The summed E-state index contributed by atoms with van der Waals surface area (Å²) in [5.74, 6) is 0.202. The molecule has 1 aliphatic carbocycles. The summed E-state index contributed by atoms with van der Waals surface area (Å²) in [6.07, 6.45) is 2.12. The molecule has 0 radical (unpaired) electrons. The van der Waals surface area contributed by atoms with Crippen LogP contribution < -0.4 is 5.32 Å². The molecule has 0 saturated heterocycles. The van der Waals surface area contributed by atoms with Gasteiger partial charge >= 0.3 is 0 Å². The van der Waals surface area contributed by atoms with Crippen LogP contribution in [-0.4, -0.2) is 23.2 Å². The van der Waals surface area contributed by atoms with Crippen molar-refractivity contribution in [2.75, 3.05) is 6.61 Å². The van der Waals surface area contributed by atoms with E-state index in [2.05, 4.69) is 5.32 Å². The fraction of sp³-hybridized carbons (Fsp3) is 0.500. The molecule has 18 heavy (non-hydrogen) atoms. The first kappa shape index (κ1) is 13.4. The first-order chi connectivity index (χ1) is 8.46. The van der Waals surface area contributed by atoms with Gasteiger partial charge in [0.25, 0.3) is 5.91 Å². The van der Waals surface area contributed by atoms with Crippen molar-refractivity contribution in [1.29, 1.82) is 0 Å². The van der Waals surface area contributed by atoms with E-state index < -0.39 is 5.54 Å². The lowest BCUT2D eigenvalue weighted by atomic mass is 9.96. The van der Waals surface area contributed by atoms with E-state index in [1.54, 1.807) is 12.1 Å². The predicted octanol–water partition coefficient (Wildman–Crippen LogP) is 2.54. The number of hydrogen-bond donors (Lipinski definition) is 2. The summed E-state index contributed by atoms with van der Waals surface area (Å²) >= 11 is 6.01. The van der Waals surface area contributed by atoms with Crippen molar-refractivity contribution in [2.24, 2.45) is 5.92 Å². The molecule has 2 N–H and O–H groups in total. The molecule has 1 aromatic rings. The van der Waals surface area contributed by atoms with E-state index in [1.165, 1.54) is 0 Å². The fourth-order valence-corrected chi connectivity index (χ4v) is 2.24. The van der Waals surface area contributed by atoms with Gasteiger partial charge in [-0.25, -0.2) is 0 Å². The number of aliphatic hydroxyl groups is 1. The highest BCUT2D eigenvalue weighted by Gasteiger charge is 2.42. The minimum atomic E-state index is -0.519. The molecule has 1 atom stereocenters. The molecule has 98 valence electrons. The van der Waals surface area contributed by atoms with Crippen molar-refractivity contribution in [1.82, 2.24) is 5.32 Å². The van der Waals surface area contributed by atoms with Crippen molar-refractivity contribution in [3.63, 3.8) is 0 Å². The molecule has 0 heterocycles. The maximum atomic E-state index is 12.1. The number of aryl methyl sites for hydroxylation is 1. The molecule has 0 aliphatic heterocycles. The third kappa shape index (κ3) is 2.68. The molecule has 1 unspecified atom stereocenters. The highest BCUT2D eigenvalue weighted by Crippen LogP contribution is 2.39. The molecule has 2 rings (SSSR count). The molecule has 0 bridgehead atoms. The zero-order chi connectivity index (χ0) is 13.3. The van der Waals surface area contributed by atoms with Crippen LogP contribution >= 0.6 is 11.6 Å². The average molecular weight is 268 g/mol. The van der Waals surface area contributed by atoms with E-state index >= 15 is 0 Å². The summed E-state index contributed by atoms with van der Waals surface area (Å²) in [6, 6.07) is 5.24. The van der Waals surface area contributed by atoms with Crippen LogP contribution in [0.25, 0.3) is 0 Å². The van der Waals surface area contributed by atoms with Gasteiger partial charge in [-0.2, -0.15) is 0 Å². The van der Waals surface area contributed by atoms with Gasteiger partial charge in [0.05, 0.1) is 12.1 Å². The number of amides is 1. The Hall–Kier alpha value is -1.06. The summed E-state index contributed by atoms with van der Waals surface area (Å²) in [7, 11) is 0. The monoisotopic (exact) mass is 267 g/mol. The van der Waals surface area contributed by atoms with E-state index in [9.17, 15) is 9.90 Å². The molecule has 1 amide bonds. The Kier molecular flexibility index (Phi) is 3.64. The van der Waals surface area contributed by atoms with E-state index in [1.807, 2.05) is 19.9 Å². The van der Waals surface area contributed by atoms with Crippen molar-refractivity contribution in [3.05, 3.63) is 34.3 Å². The van der Waals surface area contributed by atoms with Crippen LogP contribution in [0.1, 0.15) is 35.7 Å². The number of halogens is 1. The van der Waals surface area contributed by atoms with Gasteiger partial charge in [-0.15, -0.1) is 0 Å². The number of carbonyl (C=O) groups excluding carboxylic acids is 1. The standard InChI is InChI=1S/C14H18ClNO2/c1-9-3-4-10(7-12(9)15)13(18)16-14(2,8-17)11-5-6-11/h3-4,7,11,17H,5-6,8H2,1-2H3,(H,16,18). The van der Waals surface area contributed by atoms with Crippen LogP contribution in [0, 0.1) is 12.8 Å². The van der Waals surface area contributed by atoms with Crippen molar-refractivity contribution < 1.29 is 9.90 Å². The largest absolute Gasteiger partial charge is 0.394 e. The second kappa shape index (κ2) is 4.90. The molecule has 4 heteroatoms. The third-order valence-corrected chi connectivity index (χ3v) is 4.05. The van der Waals surface area contributed by atoms with Crippen LogP contribution in [0.5, 0.6) is 0 Å². The van der Waals surface area contributed by atoms with Crippen LogP contribution in [-0.2, 0) is 0 Å². The first-order valence-corrected chi connectivity index (χ1v) is 6.53. The second-order valence-corrected chi connectivity index (χ2v) is 5.68. The lowest BCUT2D eigenvalue weighted by Crippen LogP contribution is -2.50. The van der Waals surface area contributed by atoms with Gasteiger partial charge < -0.3 is 10.4 Å². The van der Waals surface area contributed by atoms with Gasteiger partial charge in [0, 0.05) is 10.6 Å². The molecule has 1 fully saturated rings. The van der Waals surface area contributed by atoms with E-state index in [0.29, 0.717) is 16.5 Å². The minimum absolute atomic E-state index is 0.0387. The Morgan fingerprint density at radius 3 is 2.72 bits per heavy atom. The Balaban J connectivity index is 2.13. The Labute approximate surface area is 112 Å². The molecular weight excluding hydrogens is 250 g/mol. The fourth-order valence-electron chi connectivity index (χ4n) is 2.06. The lowest BCUT2D eigenvalue weighted by Gasteiger charge is -2.28. The quantitative estimate of drug-likeness (QED) is 0.881. The summed E-state index contributed by atoms with van der Waals surface area (Å²) in [4.78, 5) is 12.1. The Bertz CT molecular complexity index is 471. The Morgan fingerprint density at radius 1 is 1.56 bits per heavy atom. The van der Waals surface area contributed by atoms with Crippen molar-refractivity contribution in [2.45, 2.75) is 32.2 Å². The van der Waals surface area contributed by atoms with Crippen LogP contribution in [0.15, 0.2) is 18.2 Å². The molecule has 1 saturated carbocycles. The van der Waals surface area contributed by atoms with Gasteiger partial charge in [-0.1, -0.05) is 17.7 Å². The van der Waals surface area contributed by atoms with Crippen molar-refractivity contribution >= 4 is 17.5 Å². The van der Waals surface area contributed by atoms with E-state index in [0.717, 1.165) is 18.4 Å².